The average Bonchev–Trinajstić information content (AvgIpc) is 3.00. The quantitative estimate of drug-likeness (QED) is 0.244. The van der Waals surface area contributed by atoms with Crippen molar-refractivity contribution < 1.29 is 28.9 Å². The van der Waals surface area contributed by atoms with E-state index >= 15 is 0 Å². The Hall–Kier alpha value is -3.84. The predicted molar refractivity (Wildman–Crippen MR) is 168 cm³/mol. The van der Waals surface area contributed by atoms with Crippen LogP contribution in [-0.2, 0) is 15.9 Å². The maximum Gasteiger partial charge on any atom is 0.410 e. The van der Waals surface area contributed by atoms with Crippen molar-refractivity contribution in [1.29, 1.82) is 0 Å². The van der Waals surface area contributed by atoms with Crippen LogP contribution in [0.5, 0.6) is 5.75 Å². The van der Waals surface area contributed by atoms with Gasteiger partial charge in [-0.05, 0) is 94.2 Å². The molecule has 230 valence electrons. The molecule has 43 heavy (non-hydrogen) atoms. The van der Waals surface area contributed by atoms with Gasteiger partial charge >= 0.3 is 12.1 Å². The first kappa shape index (κ1) is 32.1. The minimum Gasteiger partial charge on any atom is -0.490 e. The largest absolute Gasteiger partial charge is 0.490 e. The fourth-order valence-electron chi connectivity index (χ4n) is 5.43. The molecule has 2 atom stereocenters. The lowest BCUT2D eigenvalue weighted by molar-refractivity contribution is -0.00239. The molecule has 1 amide bonds. The standard InChI is InChI=1S/C36H45NO6/c1-25(33(38)28-12-8-6-9-13-28)37(35(40)43-36(2,3)4)23-22-26-16-18-27(19-17-26)29-20-21-31(34(39)41-5)32(24-29)42-30-14-10-7-11-15-30/h6,8-9,12-13,16-21,24-25,30,33,38H,7,10-11,14-15,22-23H2,1-5H3/t25-,33-/m0/s1. The number of hydrogen-bond donors (Lipinski definition) is 1. The topological polar surface area (TPSA) is 85.3 Å². The van der Waals surface area contributed by atoms with Gasteiger partial charge in [-0.25, -0.2) is 9.59 Å². The van der Waals surface area contributed by atoms with Crippen LogP contribution >= 0.6 is 0 Å². The van der Waals surface area contributed by atoms with Crippen molar-refractivity contribution in [2.45, 2.75) is 90.1 Å². The van der Waals surface area contributed by atoms with E-state index in [0.29, 0.717) is 24.3 Å². The molecule has 1 saturated carbocycles. The molecule has 3 aromatic rings. The summed E-state index contributed by atoms with van der Waals surface area (Å²) in [7, 11) is 1.38. The molecule has 7 nitrogen and oxygen atoms in total. The van der Waals surface area contributed by atoms with Gasteiger partial charge in [0.2, 0.25) is 0 Å². The van der Waals surface area contributed by atoms with Gasteiger partial charge in [-0.15, -0.1) is 0 Å². The van der Waals surface area contributed by atoms with Crippen LogP contribution in [0.2, 0.25) is 0 Å². The van der Waals surface area contributed by atoms with Crippen molar-refractivity contribution in [2.24, 2.45) is 0 Å². The van der Waals surface area contributed by atoms with Gasteiger partial charge in [0.15, 0.2) is 0 Å². The van der Waals surface area contributed by atoms with Crippen LogP contribution in [0, 0.1) is 0 Å². The Labute approximate surface area is 255 Å². The normalized spacial score (nSPS) is 15.3. The number of nitrogens with zero attached hydrogens (tertiary/aromatic N) is 1. The fraction of sp³-hybridized carbons (Fsp3) is 0.444. The van der Waals surface area contributed by atoms with Crippen molar-refractivity contribution >= 4 is 12.1 Å². The smallest absolute Gasteiger partial charge is 0.410 e. The van der Waals surface area contributed by atoms with E-state index in [4.69, 9.17) is 14.2 Å². The molecule has 0 saturated heterocycles. The Morgan fingerprint density at radius 3 is 2.21 bits per heavy atom. The molecule has 0 heterocycles. The summed E-state index contributed by atoms with van der Waals surface area (Å²) in [6.45, 7) is 7.73. The van der Waals surface area contributed by atoms with Crippen LogP contribution in [0.4, 0.5) is 4.79 Å². The van der Waals surface area contributed by atoms with Gasteiger partial charge in [-0.3, -0.25) is 0 Å². The van der Waals surface area contributed by atoms with Crippen LogP contribution in [0.3, 0.4) is 0 Å². The van der Waals surface area contributed by atoms with Crippen LogP contribution < -0.4 is 4.74 Å². The van der Waals surface area contributed by atoms with E-state index in [1.165, 1.54) is 13.5 Å². The average molecular weight is 588 g/mol. The number of rotatable bonds is 10. The molecule has 0 unspecified atom stereocenters. The number of carbonyl (C=O) groups is 2. The number of hydrogen-bond acceptors (Lipinski definition) is 6. The highest BCUT2D eigenvalue weighted by Gasteiger charge is 2.30. The Bertz CT molecular complexity index is 1340. The lowest BCUT2D eigenvalue weighted by Crippen LogP contribution is -2.45. The number of benzene rings is 3. The Morgan fingerprint density at radius 1 is 0.930 bits per heavy atom. The number of amides is 1. The van der Waals surface area contributed by atoms with Crippen LogP contribution in [0.25, 0.3) is 11.1 Å². The summed E-state index contributed by atoms with van der Waals surface area (Å²) in [5.41, 5.74) is 3.51. The number of aliphatic hydroxyl groups is 1. The van der Waals surface area contributed by atoms with Crippen molar-refractivity contribution in [3.63, 3.8) is 0 Å². The van der Waals surface area contributed by atoms with Crippen LogP contribution in [0.15, 0.2) is 72.8 Å². The summed E-state index contributed by atoms with van der Waals surface area (Å²) in [6, 6.07) is 22.6. The first-order valence-corrected chi connectivity index (χ1v) is 15.3. The molecule has 4 rings (SSSR count). The van der Waals surface area contributed by atoms with Gasteiger partial charge in [0.05, 0.1) is 25.4 Å². The number of methoxy groups -OCH3 is 1. The Morgan fingerprint density at radius 2 is 1.58 bits per heavy atom. The molecule has 1 fully saturated rings. The first-order chi connectivity index (χ1) is 20.6. The zero-order chi connectivity index (χ0) is 31.0. The number of aliphatic hydroxyl groups excluding tert-OH is 1. The first-order valence-electron chi connectivity index (χ1n) is 15.3. The molecule has 1 aliphatic carbocycles. The lowest BCUT2D eigenvalue weighted by atomic mass is 9.97. The Balaban J connectivity index is 1.50. The third-order valence-electron chi connectivity index (χ3n) is 7.88. The summed E-state index contributed by atoms with van der Waals surface area (Å²) in [5.74, 6) is 0.146. The molecule has 0 radical (unpaired) electrons. The highest BCUT2D eigenvalue weighted by atomic mass is 16.6. The van der Waals surface area contributed by atoms with E-state index in [0.717, 1.165) is 47.9 Å². The van der Waals surface area contributed by atoms with Gasteiger partial charge in [0.1, 0.15) is 16.9 Å². The maximum atomic E-state index is 13.2. The SMILES string of the molecule is COC(=O)c1ccc(-c2ccc(CCN(C(=O)OC(C)(C)C)[C@@H](C)[C@H](O)c3ccccc3)cc2)cc1OC1CCCCC1. The van der Waals surface area contributed by atoms with Gasteiger partial charge in [-0.1, -0.05) is 67.1 Å². The summed E-state index contributed by atoms with van der Waals surface area (Å²) in [6.07, 6.45) is 4.84. The van der Waals surface area contributed by atoms with Crippen molar-refractivity contribution in [3.05, 3.63) is 89.5 Å². The fourth-order valence-corrected chi connectivity index (χ4v) is 5.43. The van der Waals surface area contributed by atoms with Crippen molar-refractivity contribution in [1.82, 2.24) is 4.90 Å². The number of ether oxygens (including phenoxy) is 3. The molecule has 1 aliphatic rings. The second kappa shape index (κ2) is 14.6. The van der Waals surface area contributed by atoms with Crippen LogP contribution in [0.1, 0.15) is 87.4 Å². The predicted octanol–water partition coefficient (Wildman–Crippen LogP) is 7.75. The molecule has 0 aromatic heterocycles. The highest BCUT2D eigenvalue weighted by Crippen LogP contribution is 2.32. The van der Waals surface area contributed by atoms with Gasteiger partial charge in [0, 0.05) is 6.54 Å². The molecule has 3 aromatic carbocycles. The van der Waals surface area contributed by atoms with Crippen molar-refractivity contribution in [2.75, 3.05) is 13.7 Å². The molecule has 1 N–H and O–H groups in total. The van der Waals surface area contributed by atoms with E-state index in [2.05, 4.69) is 0 Å². The second-order valence-corrected chi connectivity index (χ2v) is 12.3. The number of carbonyl (C=O) groups excluding carboxylic acids is 2. The highest BCUT2D eigenvalue weighted by molar-refractivity contribution is 5.93. The lowest BCUT2D eigenvalue weighted by Gasteiger charge is -2.34. The minimum atomic E-state index is -0.853. The molecule has 0 bridgehead atoms. The van der Waals surface area contributed by atoms with E-state index in [1.807, 2.05) is 94.4 Å². The zero-order valence-electron chi connectivity index (χ0n) is 26.0. The molecule has 0 aliphatic heterocycles. The van der Waals surface area contributed by atoms with E-state index in [9.17, 15) is 14.7 Å². The number of esters is 1. The van der Waals surface area contributed by atoms with E-state index in [-0.39, 0.29) is 6.10 Å². The van der Waals surface area contributed by atoms with Crippen molar-refractivity contribution in [3.8, 4) is 16.9 Å². The second-order valence-electron chi connectivity index (χ2n) is 12.3. The zero-order valence-corrected chi connectivity index (χ0v) is 26.0. The van der Waals surface area contributed by atoms with Gasteiger partial charge in [0.25, 0.3) is 0 Å². The summed E-state index contributed by atoms with van der Waals surface area (Å²) >= 11 is 0. The van der Waals surface area contributed by atoms with E-state index < -0.39 is 29.8 Å². The van der Waals surface area contributed by atoms with Crippen LogP contribution in [-0.4, -0.2) is 53.5 Å². The van der Waals surface area contributed by atoms with Gasteiger partial charge in [-0.2, -0.15) is 0 Å². The third-order valence-corrected chi connectivity index (χ3v) is 7.88. The molecular formula is C36H45NO6. The van der Waals surface area contributed by atoms with Gasteiger partial charge < -0.3 is 24.2 Å². The minimum absolute atomic E-state index is 0.102. The molecular weight excluding hydrogens is 542 g/mol. The summed E-state index contributed by atoms with van der Waals surface area (Å²) < 4.78 is 17.0. The summed E-state index contributed by atoms with van der Waals surface area (Å²) in [4.78, 5) is 27.3. The van der Waals surface area contributed by atoms with E-state index in [1.54, 1.807) is 11.0 Å². The molecule has 7 heteroatoms. The monoisotopic (exact) mass is 587 g/mol. The summed E-state index contributed by atoms with van der Waals surface area (Å²) in [5, 5.41) is 11.1. The Kier molecular flexibility index (Phi) is 10.9. The third kappa shape index (κ3) is 8.83. The molecule has 0 spiro atoms. The maximum absolute atomic E-state index is 13.2.